The molecule has 0 bridgehead atoms. The number of aromatic amines is 1. The van der Waals surface area contributed by atoms with Gasteiger partial charge in [0.25, 0.3) is 0 Å². The van der Waals surface area contributed by atoms with Crippen LogP contribution in [0.4, 0.5) is 0 Å². The second kappa shape index (κ2) is 6.05. The molecule has 3 aromatic heterocycles. The van der Waals surface area contributed by atoms with Crippen molar-refractivity contribution in [3.05, 3.63) is 54.0 Å². The Labute approximate surface area is 144 Å². The van der Waals surface area contributed by atoms with Crippen LogP contribution in [0.15, 0.2) is 42.6 Å². The van der Waals surface area contributed by atoms with Gasteiger partial charge in [-0.1, -0.05) is 13.0 Å². The summed E-state index contributed by atoms with van der Waals surface area (Å²) in [6.45, 7) is 4.14. The summed E-state index contributed by atoms with van der Waals surface area (Å²) >= 11 is 0. The van der Waals surface area contributed by atoms with E-state index in [0.29, 0.717) is 17.9 Å². The maximum absolute atomic E-state index is 12.0. The molecule has 0 saturated carbocycles. The predicted molar refractivity (Wildman–Crippen MR) is 95.6 cm³/mol. The van der Waals surface area contributed by atoms with Crippen LogP contribution in [0.25, 0.3) is 27.8 Å². The maximum Gasteiger partial charge on any atom is 0.357 e. The number of aromatic nitrogens is 4. The number of fused-ring (bicyclic) bond motifs is 2. The molecule has 1 aromatic carbocycles. The first kappa shape index (κ1) is 15.4. The van der Waals surface area contributed by atoms with E-state index in [2.05, 4.69) is 21.1 Å². The molecule has 0 unspecified atom stereocenters. The monoisotopic (exact) mass is 334 g/mol. The van der Waals surface area contributed by atoms with E-state index in [1.807, 2.05) is 37.4 Å². The van der Waals surface area contributed by atoms with Gasteiger partial charge in [-0.25, -0.2) is 14.3 Å². The van der Waals surface area contributed by atoms with Gasteiger partial charge in [0.2, 0.25) is 0 Å². The van der Waals surface area contributed by atoms with E-state index in [9.17, 15) is 4.79 Å². The fraction of sp³-hybridized carbons (Fsp3) is 0.211. The second-order valence-electron chi connectivity index (χ2n) is 5.79. The molecule has 6 nitrogen and oxygen atoms in total. The van der Waals surface area contributed by atoms with E-state index in [-0.39, 0.29) is 0 Å². The average Bonchev–Trinajstić information content (AvgIpc) is 3.26. The molecule has 4 rings (SSSR count). The van der Waals surface area contributed by atoms with Gasteiger partial charge in [0.15, 0.2) is 11.3 Å². The van der Waals surface area contributed by atoms with Crippen LogP contribution in [0.5, 0.6) is 0 Å². The van der Waals surface area contributed by atoms with Crippen LogP contribution in [-0.4, -0.2) is 32.2 Å². The fourth-order valence-corrected chi connectivity index (χ4v) is 2.95. The number of aryl methyl sites for hydroxylation is 1. The molecular formula is C19H18N4O2. The number of esters is 1. The van der Waals surface area contributed by atoms with Crippen LogP contribution in [0.1, 0.15) is 30.0 Å². The van der Waals surface area contributed by atoms with Gasteiger partial charge in [-0.15, -0.1) is 0 Å². The van der Waals surface area contributed by atoms with Crippen LogP contribution in [0, 0.1) is 0 Å². The fourth-order valence-electron chi connectivity index (χ4n) is 2.95. The molecule has 0 fully saturated rings. The number of ether oxygens (including phenoxy) is 1. The lowest BCUT2D eigenvalue weighted by Crippen LogP contribution is -2.10. The third-order valence-corrected chi connectivity index (χ3v) is 4.20. The standard InChI is InChI=1S/C19H18N4O2/c1-3-14-10-17(19(24)25-4-2)21-18-11-16(22-23(14)18)12-5-6-15-13(9-12)7-8-20-15/h5-11,20H,3-4H2,1-2H3. The van der Waals surface area contributed by atoms with E-state index >= 15 is 0 Å². The van der Waals surface area contributed by atoms with Gasteiger partial charge in [-0.2, -0.15) is 5.10 Å². The van der Waals surface area contributed by atoms with Crippen molar-refractivity contribution in [2.45, 2.75) is 20.3 Å². The Morgan fingerprint density at radius 2 is 2.08 bits per heavy atom. The number of H-pyrrole nitrogens is 1. The topological polar surface area (TPSA) is 72.3 Å². The van der Waals surface area contributed by atoms with Crippen LogP contribution in [-0.2, 0) is 11.2 Å². The lowest BCUT2D eigenvalue weighted by Gasteiger charge is -2.05. The van der Waals surface area contributed by atoms with Crippen molar-refractivity contribution in [3.8, 4) is 11.3 Å². The number of hydrogen-bond acceptors (Lipinski definition) is 4. The molecule has 0 atom stereocenters. The summed E-state index contributed by atoms with van der Waals surface area (Å²) in [5.41, 5.74) is 4.81. The average molecular weight is 334 g/mol. The van der Waals surface area contributed by atoms with Gasteiger partial charge in [0, 0.05) is 34.4 Å². The minimum Gasteiger partial charge on any atom is -0.461 e. The highest BCUT2D eigenvalue weighted by Crippen LogP contribution is 2.24. The number of carbonyl (C=O) groups is 1. The molecule has 6 heteroatoms. The van der Waals surface area contributed by atoms with Gasteiger partial charge in [-0.3, -0.25) is 0 Å². The summed E-state index contributed by atoms with van der Waals surface area (Å²) in [6.07, 6.45) is 2.66. The molecule has 0 amide bonds. The zero-order chi connectivity index (χ0) is 17.4. The predicted octanol–water partition coefficient (Wildman–Crippen LogP) is 3.62. The summed E-state index contributed by atoms with van der Waals surface area (Å²) < 4.78 is 6.86. The van der Waals surface area contributed by atoms with Crippen molar-refractivity contribution in [2.24, 2.45) is 0 Å². The molecule has 0 radical (unpaired) electrons. The van der Waals surface area contributed by atoms with Crippen LogP contribution in [0.3, 0.4) is 0 Å². The SMILES string of the molecule is CCOC(=O)c1cc(CC)n2nc(-c3ccc4[nH]ccc4c3)cc2n1. The molecule has 25 heavy (non-hydrogen) atoms. The summed E-state index contributed by atoms with van der Waals surface area (Å²) in [5.74, 6) is -0.406. The molecule has 0 aliphatic heterocycles. The quantitative estimate of drug-likeness (QED) is 0.579. The minimum absolute atomic E-state index is 0.318. The molecule has 126 valence electrons. The first-order valence-corrected chi connectivity index (χ1v) is 8.34. The molecule has 3 heterocycles. The van der Waals surface area contributed by atoms with Crippen molar-refractivity contribution in [1.82, 2.24) is 19.6 Å². The first-order chi connectivity index (χ1) is 12.2. The summed E-state index contributed by atoms with van der Waals surface area (Å²) in [7, 11) is 0. The molecule has 1 N–H and O–H groups in total. The Morgan fingerprint density at radius 1 is 1.20 bits per heavy atom. The number of benzene rings is 1. The van der Waals surface area contributed by atoms with E-state index in [4.69, 9.17) is 4.74 Å². The Morgan fingerprint density at radius 3 is 2.88 bits per heavy atom. The van der Waals surface area contributed by atoms with Gasteiger partial charge < -0.3 is 9.72 Å². The first-order valence-electron chi connectivity index (χ1n) is 8.34. The van der Waals surface area contributed by atoms with Crippen molar-refractivity contribution < 1.29 is 9.53 Å². The zero-order valence-corrected chi connectivity index (χ0v) is 14.1. The molecule has 0 saturated heterocycles. The van der Waals surface area contributed by atoms with Gasteiger partial charge >= 0.3 is 5.97 Å². The van der Waals surface area contributed by atoms with Crippen molar-refractivity contribution in [1.29, 1.82) is 0 Å². The number of rotatable bonds is 4. The molecule has 4 aromatic rings. The second-order valence-corrected chi connectivity index (χ2v) is 5.79. The van der Waals surface area contributed by atoms with E-state index in [0.717, 1.165) is 34.3 Å². The van der Waals surface area contributed by atoms with Crippen LogP contribution in [0.2, 0.25) is 0 Å². The summed E-state index contributed by atoms with van der Waals surface area (Å²) in [6, 6.07) is 11.8. The Kier molecular flexibility index (Phi) is 3.72. The van der Waals surface area contributed by atoms with Gasteiger partial charge in [0.1, 0.15) is 0 Å². The van der Waals surface area contributed by atoms with Crippen molar-refractivity contribution >= 4 is 22.5 Å². The van der Waals surface area contributed by atoms with E-state index < -0.39 is 5.97 Å². The largest absolute Gasteiger partial charge is 0.461 e. The maximum atomic E-state index is 12.0. The number of nitrogens with one attached hydrogen (secondary N) is 1. The van der Waals surface area contributed by atoms with Gasteiger partial charge in [0.05, 0.1) is 12.3 Å². The molecule has 0 aliphatic carbocycles. The van der Waals surface area contributed by atoms with Crippen LogP contribution >= 0.6 is 0 Å². The normalized spacial score (nSPS) is 11.3. The zero-order valence-electron chi connectivity index (χ0n) is 14.1. The number of hydrogen-bond donors (Lipinski definition) is 1. The summed E-state index contributed by atoms with van der Waals surface area (Å²) in [5, 5.41) is 5.81. The van der Waals surface area contributed by atoms with Crippen LogP contribution < -0.4 is 0 Å². The lowest BCUT2D eigenvalue weighted by molar-refractivity contribution is 0.0519. The number of nitrogens with zero attached hydrogens (tertiary/aromatic N) is 3. The lowest BCUT2D eigenvalue weighted by atomic mass is 10.1. The minimum atomic E-state index is -0.406. The van der Waals surface area contributed by atoms with Gasteiger partial charge in [-0.05, 0) is 37.6 Å². The molecular weight excluding hydrogens is 316 g/mol. The third kappa shape index (κ3) is 2.65. The highest BCUT2D eigenvalue weighted by atomic mass is 16.5. The Balaban J connectivity index is 1.84. The number of carbonyl (C=O) groups excluding carboxylic acids is 1. The highest BCUT2D eigenvalue weighted by molar-refractivity contribution is 5.88. The Bertz CT molecular complexity index is 1080. The smallest absolute Gasteiger partial charge is 0.357 e. The van der Waals surface area contributed by atoms with Crippen molar-refractivity contribution in [3.63, 3.8) is 0 Å². The molecule has 0 aliphatic rings. The molecule has 0 spiro atoms. The third-order valence-electron chi connectivity index (χ3n) is 4.20. The summed E-state index contributed by atoms with van der Waals surface area (Å²) in [4.78, 5) is 19.6. The Hall–Kier alpha value is -3.15. The van der Waals surface area contributed by atoms with E-state index in [1.165, 1.54) is 0 Å². The van der Waals surface area contributed by atoms with E-state index in [1.54, 1.807) is 17.5 Å². The highest BCUT2D eigenvalue weighted by Gasteiger charge is 2.15. The van der Waals surface area contributed by atoms with Crippen molar-refractivity contribution in [2.75, 3.05) is 6.61 Å².